The van der Waals surface area contributed by atoms with Gasteiger partial charge in [-0.2, -0.15) is 0 Å². The first-order valence-corrected chi connectivity index (χ1v) is 6.12. The third kappa shape index (κ3) is 2.29. The van der Waals surface area contributed by atoms with E-state index in [-0.39, 0.29) is 0 Å². The average Bonchev–Trinajstić information content (AvgIpc) is 2.78. The molecule has 1 N–H and O–H groups in total. The summed E-state index contributed by atoms with van der Waals surface area (Å²) < 4.78 is 18.5. The molecule has 2 aromatic carbocycles. The van der Waals surface area contributed by atoms with Gasteiger partial charge in [-0.1, -0.05) is 24.3 Å². The van der Waals surface area contributed by atoms with Gasteiger partial charge in [-0.25, -0.2) is 14.0 Å². The summed E-state index contributed by atoms with van der Waals surface area (Å²) in [5.41, 5.74) is 1.09. The van der Waals surface area contributed by atoms with Crippen LogP contribution in [-0.4, -0.2) is 17.0 Å². The van der Waals surface area contributed by atoms with Crippen molar-refractivity contribution in [2.75, 3.05) is 0 Å². The van der Waals surface area contributed by atoms with E-state index in [9.17, 15) is 14.0 Å². The van der Waals surface area contributed by atoms with Gasteiger partial charge in [0.05, 0.1) is 11.1 Å². The number of rotatable bonds is 2. The van der Waals surface area contributed by atoms with Gasteiger partial charge in [0.2, 0.25) is 0 Å². The number of ether oxygens (including phenoxy) is 1. The molecule has 0 aromatic heterocycles. The molecule has 3 rings (SSSR count). The molecule has 0 amide bonds. The zero-order valence-corrected chi connectivity index (χ0v) is 10.7. The summed E-state index contributed by atoms with van der Waals surface area (Å²) >= 11 is 0. The van der Waals surface area contributed by atoms with Crippen LogP contribution in [0.25, 0.3) is 11.8 Å². The van der Waals surface area contributed by atoms with Crippen molar-refractivity contribution in [3.05, 3.63) is 70.5 Å². The first kappa shape index (κ1) is 13.1. The summed E-state index contributed by atoms with van der Waals surface area (Å²) in [7, 11) is 0. The van der Waals surface area contributed by atoms with Crippen molar-refractivity contribution in [1.29, 1.82) is 0 Å². The van der Waals surface area contributed by atoms with E-state index in [0.717, 1.165) is 6.07 Å². The van der Waals surface area contributed by atoms with Crippen molar-refractivity contribution in [3.8, 4) is 0 Å². The Morgan fingerprint density at radius 3 is 2.57 bits per heavy atom. The third-order valence-corrected chi connectivity index (χ3v) is 3.13. The number of fused-ring (bicyclic) bond motifs is 1. The molecule has 1 aliphatic rings. The van der Waals surface area contributed by atoms with Crippen molar-refractivity contribution in [2.24, 2.45) is 0 Å². The van der Waals surface area contributed by atoms with Gasteiger partial charge >= 0.3 is 11.9 Å². The van der Waals surface area contributed by atoms with Gasteiger partial charge in [0.15, 0.2) is 0 Å². The number of cyclic esters (lactones) is 1. The van der Waals surface area contributed by atoms with Crippen LogP contribution in [0, 0.1) is 5.82 Å². The van der Waals surface area contributed by atoms with Crippen molar-refractivity contribution in [3.63, 3.8) is 0 Å². The Balaban J connectivity index is 2.06. The topological polar surface area (TPSA) is 63.6 Å². The van der Waals surface area contributed by atoms with Gasteiger partial charge in [0, 0.05) is 5.56 Å². The lowest BCUT2D eigenvalue weighted by molar-refractivity contribution is 0.0687. The van der Waals surface area contributed by atoms with Crippen LogP contribution >= 0.6 is 0 Å². The minimum absolute atomic E-state index is 0.318. The Labute approximate surface area is 119 Å². The molecule has 1 heterocycles. The van der Waals surface area contributed by atoms with Crippen molar-refractivity contribution in [2.45, 2.75) is 0 Å². The number of hydrogen-bond acceptors (Lipinski definition) is 3. The highest BCUT2D eigenvalue weighted by atomic mass is 19.1. The molecule has 0 atom stereocenters. The summed E-state index contributed by atoms with van der Waals surface area (Å²) in [4.78, 5) is 22.6. The molecule has 5 heteroatoms. The van der Waals surface area contributed by atoms with Gasteiger partial charge in [-0.15, -0.1) is 0 Å². The van der Waals surface area contributed by atoms with Gasteiger partial charge in [0.25, 0.3) is 0 Å². The van der Waals surface area contributed by atoms with Crippen LogP contribution < -0.4 is 0 Å². The third-order valence-electron chi connectivity index (χ3n) is 3.13. The van der Waals surface area contributed by atoms with Crippen molar-refractivity contribution >= 4 is 23.8 Å². The first-order chi connectivity index (χ1) is 10.1. The molecule has 0 bridgehead atoms. The van der Waals surface area contributed by atoms with Crippen LogP contribution in [0.15, 0.2) is 42.5 Å². The number of carbonyl (C=O) groups is 2. The number of halogens is 1. The molecular weight excluding hydrogens is 275 g/mol. The predicted octanol–water partition coefficient (Wildman–Crippen LogP) is 3.19. The second-order valence-corrected chi connectivity index (χ2v) is 4.49. The lowest BCUT2D eigenvalue weighted by Gasteiger charge is -2.02. The molecule has 0 radical (unpaired) electrons. The summed E-state index contributed by atoms with van der Waals surface area (Å²) in [5, 5.41) is 8.90. The van der Waals surface area contributed by atoms with Crippen LogP contribution in [0.2, 0.25) is 0 Å². The number of carboxylic acids is 1. The van der Waals surface area contributed by atoms with E-state index in [4.69, 9.17) is 9.84 Å². The summed E-state index contributed by atoms with van der Waals surface area (Å²) in [6.07, 6.45) is 1.51. The van der Waals surface area contributed by atoms with E-state index < -0.39 is 23.3 Å². The van der Waals surface area contributed by atoms with Crippen LogP contribution in [0.5, 0.6) is 0 Å². The molecule has 0 saturated heterocycles. The monoisotopic (exact) mass is 284 g/mol. The van der Waals surface area contributed by atoms with E-state index in [2.05, 4.69) is 0 Å². The van der Waals surface area contributed by atoms with E-state index >= 15 is 0 Å². The number of hydrogen-bond donors (Lipinski definition) is 1. The molecule has 104 valence electrons. The number of aromatic carboxylic acids is 1. The Hall–Kier alpha value is -2.95. The fourth-order valence-corrected chi connectivity index (χ4v) is 2.14. The lowest BCUT2D eigenvalue weighted by Crippen LogP contribution is -2.00. The Bertz CT molecular complexity index is 793. The van der Waals surface area contributed by atoms with Crippen molar-refractivity contribution < 1.29 is 23.8 Å². The highest BCUT2D eigenvalue weighted by molar-refractivity contribution is 6.05. The molecule has 0 saturated carbocycles. The highest BCUT2D eigenvalue weighted by Crippen LogP contribution is 2.31. The normalized spacial score (nSPS) is 14.9. The van der Waals surface area contributed by atoms with Crippen LogP contribution in [0.3, 0.4) is 0 Å². The van der Waals surface area contributed by atoms with Crippen LogP contribution in [0.1, 0.15) is 31.8 Å². The summed E-state index contributed by atoms with van der Waals surface area (Å²) in [6.45, 7) is 0. The molecule has 0 fully saturated rings. The minimum Gasteiger partial charge on any atom is -0.478 e. The van der Waals surface area contributed by atoms with Crippen molar-refractivity contribution in [1.82, 2.24) is 0 Å². The second-order valence-electron chi connectivity index (χ2n) is 4.49. The lowest BCUT2D eigenvalue weighted by atomic mass is 10.1. The molecule has 0 aliphatic carbocycles. The molecule has 1 aliphatic heterocycles. The number of carbonyl (C=O) groups excluding carboxylic acids is 1. The minimum atomic E-state index is -1.35. The smallest absolute Gasteiger partial charge is 0.344 e. The highest BCUT2D eigenvalue weighted by Gasteiger charge is 2.25. The molecular formula is C16H9FO4. The second kappa shape index (κ2) is 4.86. The number of esters is 1. The maximum absolute atomic E-state index is 13.3. The Morgan fingerprint density at radius 2 is 1.86 bits per heavy atom. The standard InChI is InChI=1S/C16H9FO4/c17-13-6-5-9(7-12(13)15(18)19)8-14-10-3-1-2-4-11(10)16(20)21-14/h1-8H,(H,18,19)/b14-8+. The van der Waals surface area contributed by atoms with Gasteiger partial charge < -0.3 is 9.84 Å². The maximum atomic E-state index is 13.3. The summed E-state index contributed by atoms with van der Waals surface area (Å²) in [6, 6.07) is 10.5. The Morgan fingerprint density at radius 1 is 1.14 bits per heavy atom. The number of benzene rings is 2. The zero-order valence-electron chi connectivity index (χ0n) is 10.7. The van der Waals surface area contributed by atoms with E-state index in [1.54, 1.807) is 24.3 Å². The fourth-order valence-electron chi connectivity index (χ4n) is 2.14. The van der Waals surface area contributed by atoms with Gasteiger partial charge in [-0.3, -0.25) is 0 Å². The first-order valence-electron chi connectivity index (χ1n) is 6.12. The Kier molecular flexibility index (Phi) is 3.02. The van der Waals surface area contributed by atoms with E-state index in [0.29, 0.717) is 22.4 Å². The average molecular weight is 284 g/mol. The molecule has 21 heavy (non-hydrogen) atoms. The zero-order chi connectivity index (χ0) is 15.0. The van der Waals surface area contributed by atoms with Gasteiger partial charge in [0.1, 0.15) is 11.6 Å². The molecule has 0 unspecified atom stereocenters. The molecule has 2 aromatic rings. The van der Waals surface area contributed by atoms with E-state index in [1.807, 2.05) is 0 Å². The largest absolute Gasteiger partial charge is 0.478 e. The van der Waals surface area contributed by atoms with E-state index in [1.165, 1.54) is 18.2 Å². The quantitative estimate of drug-likeness (QED) is 0.860. The summed E-state index contributed by atoms with van der Waals surface area (Å²) in [5.74, 6) is -2.30. The SMILES string of the molecule is O=C(O)c1cc(/C=C2/OC(=O)c3ccccc32)ccc1F. The fraction of sp³-hybridized carbons (Fsp3) is 0. The van der Waals surface area contributed by atoms with Crippen LogP contribution in [0.4, 0.5) is 4.39 Å². The van der Waals surface area contributed by atoms with Crippen LogP contribution in [-0.2, 0) is 4.74 Å². The molecule has 4 nitrogen and oxygen atoms in total. The molecule has 0 spiro atoms. The number of carboxylic acid groups (broad SMARTS) is 1. The predicted molar refractivity (Wildman–Crippen MR) is 73.1 cm³/mol. The maximum Gasteiger partial charge on any atom is 0.344 e. The van der Waals surface area contributed by atoms with Gasteiger partial charge in [-0.05, 0) is 29.8 Å².